The molecule has 1 aliphatic carbocycles. The monoisotopic (exact) mass is 416 g/mol. The van der Waals surface area contributed by atoms with Gasteiger partial charge in [0.25, 0.3) is 0 Å². The summed E-state index contributed by atoms with van der Waals surface area (Å²) < 4.78 is 16.5. The van der Waals surface area contributed by atoms with Crippen LogP contribution in [0.5, 0.6) is 0 Å². The van der Waals surface area contributed by atoms with E-state index in [1.165, 1.54) is 25.2 Å². The van der Waals surface area contributed by atoms with Crippen molar-refractivity contribution in [2.24, 2.45) is 0 Å². The van der Waals surface area contributed by atoms with Crippen LogP contribution in [0.2, 0.25) is 0 Å². The second-order valence-corrected chi connectivity index (χ2v) is 7.95. The molecular formula is C18H18BrFN6. The van der Waals surface area contributed by atoms with Crippen molar-refractivity contribution in [2.75, 3.05) is 18.0 Å². The van der Waals surface area contributed by atoms with Gasteiger partial charge < -0.3 is 9.47 Å². The molecule has 6 nitrogen and oxygen atoms in total. The third kappa shape index (κ3) is 2.76. The molecule has 134 valence electrons. The summed E-state index contributed by atoms with van der Waals surface area (Å²) in [5, 5.41) is 9.43. The van der Waals surface area contributed by atoms with Crippen LogP contribution >= 0.6 is 15.9 Å². The number of anilines is 1. The Morgan fingerprint density at radius 3 is 2.88 bits per heavy atom. The minimum absolute atomic E-state index is 0.309. The zero-order valence-corrected chi connectivity index (χ0v) is 15.7. The van der Waals surface area contributed by atoms with Crippen LogP contribution in [0.15, 0.2) is 29.3 Å². The summed E-state index contributed by atoms with van der Waals surface area (Å²) in [6.45, 7) is 1.77. The van der Waals surface area contributed by atoms with Crippen molar-refractivity contribution in [2.45, 2.75) is 37.6 Å². The standard InChI is InChI=1S/C18H18BrFN6/c19-14-6-13-16(7-15(14)20)21-9-22-18(13)25-5-1-2-11(8-25)17-24-23-10-26(17)12-3-4-12/h6-7,9-12H,1-5,8H2. The van der Waals surface area contributed by atoms with Gasteiger partial charge in [-0.25, -0.2) is 14.4 Å². The van der Waals surface area contributed by atoms with E-state index < -0.39 is 0 Å². The molecule has 0 bridgehead atoms. The summed E-state index contributed by atoms with van der Waals surface area (Å²) >= 11 is 3.28. The van der Waals surface area contributed by atoms with E-state index in [1.807, 2.05) is 6.33 Å². The van der Waals surface area contributed by atoms with Gasteiger partial charge in [-0.1, -0.05) is 0 Å². The molecule has 1 aromatic carbocycles. The Kier molecular flexibility index (Phi) is 3.88. The molecule has 1 unspecified atom stereocenters. The fourth-order valence-corrected chi connectivity index (χ4v) is 4.19. The molecule has 26 heavy (non-hydrogen) atoms. The van der Waals surface area contributed by atoms with Gasteiger partial charge in [0.05, 0.1) is 9.99 Å². The SMILES string of the molecule is Fc1cc2ncnc(N3CCCC(c4nncn4C4CC4)C3)c2cc1Br. The molecule has 1 saturated heterocycles. The first-order chi connectivity index (χ1) is 12.7. The van der Waals surface area contributed by atoms with Crippen molar-refractivity contribution >= 4 is 32.7 Å². The van der Waals surface area contributed by atoms with Crippen molar-refractivity contribution in [1.82, 2.24) is 24.7 Å². The lowest BCUT2D eigenvalue weighted by molar-refractivity contribution is 0.469. The van der Waals surface area contributed by atoms with Crippen molar-refractivity contribution in [3.8, 4) is 0 Å². The second kappa shape index (κ2) is 6.26. The molecule has 3 heterocycles. The average Bonchev–Trinajstić information content (AvgIpc) is 3.39. The zero-order valence-electron chi connectivity index (χ0n) is 14.1. The highest BCUT2D eigenvalue weighted by molar-refractivity contribution is 9.10. The molecule has 0 radical (unpaired) electrons. The molecule has 1 aliphatic heterocycles. The Balaban J connectivity index is 1.49. The highest BCUT2D eigenvalue weighted by Gasteiger charge is 2.32. The van der Waals surface area contributed by atoms with Gasteiger partial charge in [0, 0.05) is 36.5 Å². The number of halogens is 2. The van der Waals surface area contributed by atoms with Crippen molar-refractivity contribution < 1.29 is 4.39 Å². The lowest BCUT2D eigenvalue weighted by atomic mass is 9.96. The molecule has 2 fully saturated rings. The number of hydrogen-bond acceptors (Lipinski definition) is 5. The van der Waals surface area contributed by atoms with Crippen molar-refractivity contribution in [1.29, 1.82) is 0 Å². The number of nitrogens with zero attached hydrogens (tertiary/aromatic N) is 6. The van der Waals surface area contributed by atoms with Gasteiger partial charge in [-0.3, -0.25) is 0 Å². The van der Waals surface area contributed by atoms with Gasteiger partial charge in [0.15, 0.2) is 0 Å². The van der Waals surface area contributed by atoms with Crippen LogP contribution in [0.1, 0.15) is 43.5 Å². The van der Waals surface area contributed by atoms with Crippen LogP contribution in [-0.2, 0) is 0 Å². The molecule has 0 spiro atoms. The Morgan fingerprint density at radius 2 is 2.04 bits per heavy atom. The first kappa shape index (κ1) is 16.1. The van der Waals surface area contributed by atoms with Crippen LogP contribution in [-0.4, -0.2) is 37.8 Å². The Hall–Kier alpha value is -2.09. The van der Waals surface area contributed by atoms with Crippen LogP contribution < -0.4 is 4.90 Å². The van der Waals surface area contributed by atoms with Crippen LogP contribution in [0.25, 0.3) is 10.9 Å². The van der Waals surface area contributed by atoms with Crippen molar-refractivity contribution in [3.63, 3.8) is 0 Å². The van der Waals surface area contributed by atoms with Gasteiger partial charge in [0.1, 0.15) is 30.1 Å². The number of fused-ring (bicyclic) bond motifs is 1. The number of benzene rings is 1. The number of hydrogen-bond donors (Lipinski definition) is 0. The summed E-state index contributed by atoms with van der Waals surface area (Å²) in [4.78, 5) is 11.0. The maximum atomic E-state index is 13.9. The largest absolute Gasteiger partial charge is 0.355 e. The van der Waals surface area contributed by atoms with Crippen LogP contribution in [0.3, 0.4) is 0 Å². The van der Waals surface area contributed by atoms with Gasteiger partial charge in [-0.15, -0.1) is 10.2 Å². The van der Waals surface area contributed by atoms with E-state index in [0.717, 1.165) is 43.0 Å². The van der Waals surface area contributed by atoms with E-state index >= 15 is 0 Å². The predicted molar refractivity (Wildman–Crippen MR) is 99.7 cm³/mol. The summed E-state index contributed by atoms with van der Waals surface area (Å²) in [6, 6.07) is 3.81. The van der Waals surface area contributed by atoms with Gasteiger partial charge >= 0.3 is 0 Å². The molecule has 0 N–H and O–H groups in total. The minimum atomic E-state index is -0.309. The number of piperidine rings is 1. The Labute approximate surface area is 158 Å². The van der Waals surface area contributed by atoms with Crippen LogP contribution in [0, 0.1) is 5.82 Å². The zero-order chi connectivity index (χ0) is 17.7. The Morgan fingerprint density at radius 1 is 1.15 bits per heavy atom. The first-order valence-electron chi connectivity index (χ1n) is 8.95. The molecule has 8 heteroatoms. The molecule has 2 aliphatic rings. The topological polar surface area (TPSA) is 59.7 Å². The normalized spacial score (nSPS) is 20.7. The highest BCUT2D eigenvalue weighted by Crippen LogP contribution is 2.39. The molecule has 1 saturated carbocycles. The van der Waals surface area contributed by atoms with E-state index in [-0.39, 0.29) is 5.82 Å². The number of rotatable bonds is 3. The maximum absolute atomic E-state index is 13.9. The summed E-state index contributed by atoms with van der Waals surface area (Å²) in [5.74, 6) is 1.97. The van der Waals surface area contributed by atoms with Gasteiger partial charge in [0.2, 0.25) is 0 Å². The van der Waals surface area contributed by atoms with Gasteiger partial charge in [-0.2, -0.15) is 0 Å². The smallest absolute Gasteiger partial charge is 0.139 e. The Bertz CT molecular complexity index is 969. The summed E-state index contributed by atoms with van der Waals surface area (Å²) in [6.07, 6.45) is 7.99. The second-order valence-electron chi connectivity index (χ2n) is 7.09. The van der Waals surface area contributed by atoms with Crippen molar-refractivity contribution in [3.05, 3.63) is 40.9 Å². The number of aromatic nitrogens is 5. The molecule has 1 atom stereocenters. The quantitative estimate of drug-likeness (QED) is 0.648. The first-order valence-corrected chi connectivity index (χ1v) is 9.74. The lowest BCUT2D eigenvalue weighted by Gasteiger charge is -2.33. The molecule has 5 rings (SSSR count). The third-order valence-corrected chi connectivity index (χ3v) is 5.89. The maximum Gasteiger partial charge on any atom is 0.139 e. The minimum Gasteiger partial charge on any atom is -0.355 e. The summed E-state index contributed by atoms with van der Waals surface area (Å²) in [7, 11) is 0. The predicted octanol–water partition coefficient (Wildman–Crippen LogP) is 3.84. The van der Waals surface area contributed by atoms with E-state index in [4.69, 9.17) is 0 Å². The van der Waals surface area contributed by atoms with Crippen LogP contribution in [0.4, 0.5) is 10.2 Å². The fourth-order valence-electron chi connectivity index (χ4n) is 3.85. The highest BCUT2D eigenvalue weighted by atomic mass is 79.9. The lowest BCUT2D eigenvalue weighted by Crippen LogP contribution is -2.36. The molecular weight excluding hydrogens is 399 g/mol. The average molecular weight is 417 g/mol. The van der Waals surface area contributed by atoms with E-state index in [1.54, 1.807) is 6.07 Å². The molecule has 0 amide bonds. The van der Waals surface area contributed by atoms with Gasteiger partial charge in [-0.05, 0) is 47.7 Å². The fraction of sp³-hybridized carbons (Fsp3) is 0.444. The summed E-state index contributed by atoms with van der Waals surface area (Å²) in [5.41, 5.74) is 0.624. The third-order valence-electron chi connectivity index (χ3n) is 5.28. The van der Waals surface area contributed by atoms with E-state index in [2.05, 4.69) is 45.6 Å². The molecule has 3 aromatic rings. The van der Waals surface area contributed by atoms with E-state index in [0.29, 0.717) is 21.9 Å². The molecule has 2 aromatic heterocycles. The van der Waals surface area contributed by atoms with E-state index in [9.17, 15) is 4.39 Å².